The smallest absolute Gasteiger partial charge is 0.330 e. The third-order valence-electron chi connectivity index (χ3n) is 3.66. The fourth-order valence-electron chi connectivity index (χ4n) is 2.51. The Morgan fingerprint density at radius 1 is 1.22 bits per heavy atom. The van der Waals surface area contributed by atoms with Crippen molar-refractivity contribution in [2.75, 3.05) is 13.7 Å². The van der Waals surface area contributed by atoms with Crippen LogP contribution < -0.4 is 0 Å². The summed E-state index contributed by atoms with van der Waals surface area (Å²) in [4.78, 5) is 22.7. The molecule has 23 heavy (non-hydrogen) atoms. The number of hydrogen-bond acceptors (Lipinski definition) is 4. The van der Waals surface area contributed by atoms with E-state index in [1.807, 2.05) is 48.6 Å². The highest BCUT2D eigenvalue weighted by molar-refractivity contribution is 5.83. The standard InChI is InChI=1S/C19H20O4/c1-14(20)23-13-17-10-6-9-16(12-19(21)22-2)18(17)11-15-7-4-3-5-8-15/h3-10,12,18H,11,13H2,1-2H3/b16-12-. The molecule has 1 atom stereocenters. The van der Waals surface area contributed by atoms with Crippen LogP contribution in [0.25, 0.3) is 0 Å². The molecule has 2 rings (SSSR count). The molecule has 1 aliphatic rings. The maximum Gasteiger partial charge on any atom is 0.330 e. The molecule has 0 bridgehead atoms. The molecule has 120 valence electrons. The summed E-state index contributed by atoms with van der Waals surface area (Å²) in [6, 6.07) is 10.0. The molecule has 4 heteroatoms. The molecule has 1 aromatic rings. The van der Waals surface area contributed by atoms with Gasteiger partial charge < -0.3 is 9.47 Å². The molecule has 4 nitrogen and oxygen atoms in total. The summed E-state index contributed by atoms with van der Waals surface area (Å²) in [6.45, 7) is 1.60. The normalized spacial score (nSPS) is 18.4. The Kier molecular flexibility index (Phi) is 5.92. The van der Waals surface area contributed by atoms with Crippen LogP contribution in [0.5, 0.6) is 0 Å². The van der Waals surface area contributed by atoms with E-state index in [1.54, 1.807) is 0 Å². The summed E-state index contributed by atoms with van der Waals surface area (Å²) in [5, 5.41) is 0. The Morgan fingerprint density at radius 2 is 1.96 bits per heavy atom. The molecule has 0 aliphatic heterocycles. The molecule has 1 unspecified atom stereocenters. The second kappa shape index (κ2) is 8.13. The summed E-state index contributed by atoms with van der Waals surface area (Å²) in [7, 11) is 1.35. The lowest BCUT2D eigenvalue weighted by atomic mass is 9.82. The molecule has 0 fully saturated rings. The summed E-state index contributed by atoms with van der Waals surface area (Å²) in [5.41, 5.74) is 2.96. The number of benzene rings is 1. The van der Waals surface area contributed by atoms with Crippen LogP contribution in [0.3, 0.4) is 0 Å². The molecular formula is C19H20O4. The molecule has 1 aliphatic carbocycles. The highest BCUT2D eigenvalue weighted by atomic mass is 16.5. The van der Waals surface area contributed by atoms with Gasteiger partial charge in [0.2, 0.25) is 0 Å². The molecule has 0 N–H and O–H groups in total. The number of esters is 2. The van der Waals surface area contributed by atoms with Crippen LogP contribution in [0.1, 0.15) is 12.5 Å². The summed E-state index contributed by atoms with van der Waals surface area (Å²) < 4.78 is 9.88. The van der Waals surface area contributed by atoms with Crippen LogP contribution in [0.15, 0.2) is 65.8 Å². The van der Waals surface area contributed by atoms with Crippen molar-refractivity contribution in [2.45, 2.75) is 13.3 Å². The first kappa shape index (κ1) is 16.7. The van der Waals surface area contributed by atoms with Gasteiger partial charge in [-0.3, -0.25) is 4.79 Å². The quantitative estimate of drug-likeness (QED) is 0.619. The van der Waals surface area contributed by atoms with Gasteiger partial charge in [0.1, 0.15) is 6.61 Å². The first-order chi connectivity index (χ1) is 11.1. The van der Waals surface area contributed by atoms with Gasteiger partial charge in [0.15, 0.2) is 0 Å². The largest absolute Gasteiger partial charge is 0.466 e. The Balaban J connectivity index is 2.27. The van der Waals surface area contributed by atoms with Crippen LogP contribution in [-0.2, 0) is 25.5 Å². The zero-order valence-electron chi connectivity index (χ0n) is 13.3. The van der Waals surface area contributed by atoms with Gasteiger partial charge in [-0.1, -0.05) is 48.6 Å². The van der Waals surface area contributed by atoms with Crippen molar-refractivity contribution in [3.63, 3.8) is 0 Å². The van der Waals surface area contributed by atoms with Crippen LogP contribution in [0.2, 0.25) is 0 Å². The van der Waals surface area contributed by atoms with E-state index in [-0.39, 0.29) is 18.5 Å². The van der Waals surface area contributed by atoms with Crippen LogP contribution in [0, 0.1) is 5.92 Å². The van der Waals surface area contributed by atoms with Crippen LogP contribution in [0.4, 0.5) is 0 Å². The maximum atomic E-state index is 11.6. The number of rotatable bonds is 5. The van der Waals surface area contributed by atoms with Gasteiger partial charge >= 0.3 is 11.9 Å². The third-order valence-corrected chi connectivity index (χ3v) is 3.66. The van der Waals surface area contributed by atoms with E-state index >= 15 is 0 Å². The Hall–Kier alpha value is -2.62. The van der Waals surface area contributed by atoms with Crippen molar-refractivity contribution in [3.05, 3.63) is 71.3 Å². The molecule has 1 aromatic carbocycles. The van der Waals surface area contributed by atoms with E-state index in [0.29, 0.717) is 0 Å². The second-order valence-electron chi connectivity index (χ2n) is 5.29. The Morgan fingerprint density at radius 3 is 2.61 bits per heavy atom. The lowest BCUT2D eigenvalue weighted by Gasteiger charge is -2.24. The zero-order valence-corrected chi connectivity index (χ0v) is 13.3. The van der Waals surface area contributed by atoms with Crippen LogP contribution in [-0.4, -0.2) is 25.7 Å². The first-order valence-corrected chi connectivity index (χ1v) is 7.44. The number of hydrogen-bond donors (Lipinski definition) is 0. The van der Waals surface area contributed by atoms with Crippen LogP contribution >= 0.6 is 0 Å². The number of allylic oxidation sites excluding steroid dienone is 4. The third kappa shape index (κ3) is 4.95. The highest BCUT2D eigenvalue weighted by Crippen LogP contribution is 2.29. The highest BCUT2D eigenvalue weighted by Gasteiger charge is 2.22. The number of ether oxygens (including phenoxy) is 2. The summed E-state index contributed by atoms with van der Waals surface area (Å²) in [5.74, 6) is -0.741. The maximum absolute atomic E-state index is 11.6. The van der Waals surface area contributed by atoms with E-state index in [4.69, 9.17) is 9.47 Å². The molecule has 0 aromatic heterocycles. The average Bonchev–Trinajstić information content (AvgIpc) is 2.55. The molecule has 0 radical (unpaired) electrons. The van der Waals surface area contributed by atoms with E-state index in [1.165, 1.54) is 20.1 Å². The van der Waals surface area contributed by atoms with E-state index in [0.717, 1.165) is 23.1 Å². The fourth-order valence-corrected chi connectivity index (χ4v) is 2.51. The monoisotopic (exact) mass is 312 g/mol. The molecule has 0 saturated carbocycles. The number of methoxy groups -OCH3 is 1. The summed E-state index contributed by atoms with van der Waals surface area (Å²) in [6.07, 6.45) is 7.90. The Labute approximate surface area is 136 Å². The van der Waals surface area contributed by atoms with E-state index in [9.17, 15) is 9.59 Å². The molecule has 0 heterocycles. The SMILES string of the molecule is COC(=O)/C=C1/C=CC=C(COC(C)=O)C1Cc1ccccc1. The minimum atomic E-state index is -0.392. The molecular weight excluding hydrogens is 292 g/mol. The minimum Gasteiger partial charge on any atom is -0.466 e. The lowest BCUT2D eigenvalue weighted by molar-refractivity contribution is -0.140. The van der Waals surface area contributed by atoms with Crippen molar-refractivity contribution < 1.29 is 19.1 Å². The fraction of sp³-hybridized carbons (Fsp3) is 0.263. The van der Waals surface area contributed by atoms with Gasteiger partial charge in [0.05, 0.1) is 7.11 Å². The van der Waals surface area contributed by atoms with Gasteiger partial charge in [-0.15, -0.1) is 0 Å². The molecule has 0 saturated heterocycles. The Bertz CT molecular complexity index is 653. The van der Waals surface area contributed by atoms with E-state index < -0.39 is 5.97 Å². The number of carbonyl (C=O) groups excluding carboxylic acids is 2. The van der Waals surface area contributed by atoms with Crippen molar-refractivity contribution >= 4 is 11.9 Å². The minimum absolute atomic E-state index is 0.0270. The first-order valence-electron chi connectivity index (χ1n) is 7.44. The van der Waals surface area contributed by atoms with E-state index in [2.05, 4.69) is 0 Å². The number of carbonyl (C=O) groups is 2. The summed E-state index contributed by atoms with van der Waals surface area (Å²) >= 11 is 0. The average molecular weight is 312 g/mol. The van der Waals surface area contributed by atoms with Crippen molar-refractivity contribution in [1.82, 2.24) is 0 Å². The van der Waals surface area contributed by atoms with Gasteiger partial charge in [-0.25, -0.2) is 4.79 Å². The predicted octanol–water partition coefficient (Wildman–Crippen LogP) is 3.00. The van der Waals surface area contributed by atoms with Crippen molar-refractivity contribution in [1.29, 1.82) is 0 Å². The van der Waals surface area contributed by atoms with Crippen molar-refractivity contribution in [2.24, 2.45) is 5.92 Å². The van der Waals surface area contributed by atoms with Gasteiger partial charge in [-0.2, -0.15) is 0 Å². The van der Waals surface area contributed by atoms with Gasteiger partial charge in [0.25, 0.3) is 0 Å². The zero-order chi connectivity index (χ0) is 16.7. The second-order valence-corrected chi connectivity index (χ2v) is 5.29. The van der Waals surface area contributed by atoms with Gasteiger partial charge in [0, 0.05) is 18.9 Å². The topological polar surface area (TPSA) is 52.6 Å². The van der Waals surface area contributed by atoms with Gasteiger partial charge in [-0.05, 0) is 23.1 Å². The lowest BCUT2D eigenvalue weighted by Crippen LogP contribution is -2.18. The molecule has 0 amide bonds. The predicted molar refractivity (Wildman–Crippen MR) is 87.6 cm³/mol. The van der Waals surface area contributed by atoms with Crippen molar-refractivity contribution in [3.8, 4) is 0 Å². The molecule has 0 spiro atoms.